The number of benzene rings is 1. The lowest BCUT2D eigenvalue weighted by Gasteiger charge is -2.34. The van der Waals surface area contributed by atoms with Gasteiger partial charge in [0.25, 0.3) is 0 Å². The first-order valence-corrected chi connectivity index (χ1v) is 10.1. The second kappa shape index (κ2) is 11.3. The number of hydrogen-bond donors (Lipinski definition) is 3. The number of aliphatic imine (C=N–C) groups is 1. The van der Waals surface area contributed by atoms with Crippen LogP contribution in [0.3, 0.4) is 0 Å². The number of unbranched alkanes of at least 4 members (excludes halogenated alkanes) is 1. The first kappa shape index (κ1) is 21.7. The molecule has 1 aliphatic heterocycles. The number of morpholine rings is 1. The summed E-state index contributed by atoms with van der Waals surface area (Å²) in [7, 11) is 0. The summed E-state index contributed by atoms with van der Waals surface area (Å²) >= 11 is 0. The van der Waals surface area contributed by atoms with Crippen LogP contribution in [0.15, 0.2) is 29.3 Å². The maximum Gasteiger partial charge on any atom is 0.191 e. The van der Waals surface area contributed by atoms with Gasteiger partial charge in [-0.05, 0) is 25.8 Å². The number of β-amino-alcohol motifs (C(OH)–C–C–N with tert-alkyl or cyclic N) is 1. The summed E-state index contributed by atoms with van der Waals surface area (Å²) in [5.74, 6) is 0.756. The van der Waals surface area contributed by atoms with Crippen LogP contribution in [0.25, 0.3) is 0 Å². The first-order chi connectivity index (χ1) is 13.0. The normalized spacial score (nSPS) is 18.1. The molecule has 27 heavy (non-hydrogen) atoms. The molecule has 1 unspecified atom stereocenters. The number of rotatable bonds is 9. The molecule has 0 bridgehead atoms. The predicted octanol–water partition coefficient (Wildman–Crippen LogP) is 1.91. The molecule has 1 aromatic carbocycles. The SMILES string of the molecule is CCCCNC(=NCc1ccc(C)cc1)NCC(C)(O)CN1CCOCC1. The molecule has 0 spiro atoms. The number of aryl methyl sites for hydroxylation is 1. The average molecular weight is 377 g/mol. The standard InChI is InChI=1S/C21H36N4O2/c1-4-5-10-22-20(23-15-19-8-6-18(2)7-9-19)24-16-21(3,26)17-25-11-13-27-14-12-25/h6-9,26H,4-5,10-17H2,1-3H3,(H2,22,23,24). The van der Waals surface area contributed by atoms with Gasteiger partial charge in [0.1, 0.15) is 0 Å². The van der Waals surface area contributed by atoms with Crippen LogP contribution in [0.1, 0.15) is 37.8 Å². The van der Waals surface area contributed by atoms with Crippen LogP contribution >= 0.6 is 0 Å². The van der Waals surface area contributed by atoms with E-state index in [-0.39, 0.29) is 0 Å². The molecule has 1 saturated heterocycles. The first-order valence-electron chi connectivity index (χ1n) is 10.1. The second-order valence-corrected chi connectivity index (χ2v) is 7.67. The highest BCUT2D eigenvalue weighted by atomic mass is 16.5. The van der Waals surface area contributed by atoms with E-state index in [4.69, 9.17) is 9.73 Å². The summed E-state index contributed by atoms with van der Waals surface area (Å²) in [5, 5.41) is 17.5. The zero-order valence-electron chi connectivity index (χ0n) is 17.1. The molecular weight excluding hydrogens is 340 g/mol. The smallest absolute Gasteiger partial charge is 0.191 e. The lowest BCUT2D eigenvalue weighted by Crippen LogP contribution is -2.53. The Morgan fingerprint density at radius 2 is 1.93 bits per heavy atom. The van der Waals surface area contributed by atoms with E-state index < -0.39 is 5.60 Å². The molecule has 6 heteroatoms. The minimum Gasteiger partial charge on any atom is -0.387 e. The highest BCUT2D eigenvalue weighted by molar-refractivity contribution is 5.79. The number of hydrogen-bond acceptors (Lipinski definition) is 4. The number of ether oxygens (including phenoxy) is 1. The van der Waals surface area contributed by atoms with E-state index in [0.29, 0.717) is 19.6 Å². The zero-order valence-corrected chi connectivity index (χ0v) is 17.1. The van der Waals surface area contributed by atoms with E-state index in [2.05, 4.69) is 53.6 Å². The van der Waals surface area contributed by atoms with Crippen LogP contribution in [0.4, 0.5) is 0 Å². The fourth-order valence-electron chi connectivity index (χ4n) is 2.99. The minimum absolute atomic E-state index is 0.455. The lowest BCUT2D eigenvalue weighted by molar-refractivity contribution is -0.0201. The van der Waals surface area contributed by atoms with Gasteiger partial charge in [0.15, 0.2) is 5.96 Å². The molecule has 0 saturated carbocycles. The van der Waals surface area contributed by atoms with E-state index in [1.807, 2.05) is 6.92 Å². The van der Waals surface area contributed by atoms with Crippen molar-refractivity contribution in [3.05, 3.63) is 35.4 Å². The molecule has 6 nitrogen and oxygen atoms in total. The molecule has 2 rings (SSSR count). The van der Waals surface area contributed by atoms with Gasteiger partial charge in [0, 0.05) is 32.7 Å². The van der Waals surface area contributed by atoms with Crippen LogP contribution in [0.2, 0.25) is 0 Å². The molecule has 152 valence electrons. The number of guanidine groups is 1. The van der Waals surface area contributed by atoms with Crippen molar-refractivity contribution >= 4 is 5.96 Å². The van der Waals surface area contributed by atoms with Gasteiger partial charge in [0.2, 0.25) is 0 Å². The molecule has 1 aromatic rings. The highest BCUT2D eigenvalue weighted by Crippen LogP contribution is 2.08. The molecule has 1 atom stereocenters. The van der Waals surface area contributed by atoms with Crippen molar-refractivity contribution in [2.24, 2.45) is 4.99 Å². The highest BCUT2D eigenvalue weighted by Gasteiger charge is 2.25. The van der Waals surface area contributed by atoms with Gasteiger partial charge < -0.3 is 20.5 Å². The van der Waals surface area contributed by atoms with Crippen molar-refractivity contribution < 1.29 is 9.84 Å². The van der Waals surface area contributed by atoms with Crippen LogP contribution in [0.5, 0.6) is 0 Å². The molecule has 1 fully saturated rings. The van der Waals surface area contributed by atoms with Gasteiger partial charge in [-0.25, -0.2) is 4.99 Å². The van der Waals surface area contributed by atoms with E-state index >= 15 is 0 Å². The number of nitrogens with one attached hydrogen (secondary N) is 2. The van der Waals surface area contributed by atoms with Gasteiger partial charge in [0.05, 0.1) is 25.4 Å². The summed E-state index contributed by atoms with van der Waals surface area (Å²) in [6.45, 7) is 11.9. The van der Waals surface area contributed by atoms with Gasteiger partial charge in [-0.1, -0.05) is 43.2 Å². The number of aliphatic hydroxyl groups is 1. The summed E-state index contributed by atoms with van der Waals surface area (Å²) < 4.78 is 5.38. The Bertz CT molecular complexity index is 566. The minimum atomic E-state index is -0.825. The average Bonchev–Trinajstić information content (AvgIpc) is 2.65. The molecule has 3 N–H and O–H groups in total. The summed E-state index contributed by atoms with van der Waals surface area (Å²) in [5.41, 5.74) is 1.60. The van der Waals surface area contributed by atoms with Crippen molar-refractivity contribution in [1.29, 1.82) is 0 Å². The third kappa shape index (κ3) is 8.73. The monoisotopic (exact) mass is 376 g/mol. The molecule has 0 amide bonds. The number of nitrogens with zero attached hydrogens (tertiary/aromatic N) is 2. The van der Waals surface area contributed by atoms with Gasteiger partial charge in [-0.3, -0.25) is 4.90 Å². The fraction of sp³-hybridized carbons (Fsp3) is 0.667. The van der Waals surface area contributed by atoms with Crippen LogP contribution < -0.4 is 10.6 Å². The molecule has 0 radical (unpaired) electrons. The zero-order chi connectivity index (χ0) is 19.5. The van der Waals surface area contributed by atoms with Gasteiger partial charge in [-0.2, -0.15) is 0 Å². The van der Waals surface area contributed by atoms with E-state index in [1.165, 1.54) is 11.1 Å². The Morgan fingerprint density at radius 1 is 1.22 bits per heavy atom. The van der Waals surface area contributed by atoms with E-state index in [0.717, 1.165) is 51.6 Å². The molecule has 1 aliphatic rings. The van der Waals surface area contributed by atoms with Gasteiger partial charge in [-0.15, -0.1) is 0 Å². The second-order valence-electron chi connectivity index (χ2n) is 7.67. The molecule has 0 aromatic heterocycles. The maximum absolute atomic E-state index is 10.8. The van der Waals surface area contributed by atoms with E-state index in [1.54, 1.807) is 0 Å². The molecule has 1 heterocycles. The van der Waals surface area contributed by atoms with Gasteiger partial charge >= 0.3 is 0 Å². The van der Waals surface area contributed by atoms with Crippen molar-refractivity contribution in [3.63, 3.8) is 0 Å². The third-order valence-corrected chi connectivity index (χ3v) is 4.67. The Kier molecular flexibility index (Phi) is 9.04. The van der Waals surface area contributed by atoms with Crippen molar-refractivity contribution in [2.45, 2.75) is 45.8 Å². The summed E-state index contributed by atoms with van der Waals surface area (Å²) in [4.78, 5) is 6.94. The van der Waals surface area contributed by atoms with Crippen LogP contribution in [-0.4, -0.2) is 67.5 Å². The molecule has 0 aliphatic carbocycles. The van der Waals surface area contributed by atoms with E-state index in [9.17, 15) is 5.11 Å². The largest absolute Gasteiger partial charge is 0.387 e. The molecular formula is C21H36N4O2. The fourth-order valence-corrected chi connectivity index (χ4v) is 2.99. The quantitative estimate of drug-likeness (QED) is 0.349. The van der Waals surface area contributed by atoms with Crippen molar-refractivity contribution in [2.75, 3.05) is 45.9 Å². The Morgan fingerprint density at radius 3 is 2.59 bits per heavy atom. The summed E-state index contributed by atoms with van der Waals surface area (Å²) in [6.07, 6.45) is 2.22. The topological polar surface area (TPSA) is 69.1 Å². The Balaban J connectivity index is 1.89. The Labute approximate surface area is 164 Å². The van der Waals surface area contributed by atoms with Crippen LogP contribution in [0, 0.1) is 6.92 Å². The maximum atomic E-state index is 10.8. The van der Waals surface area contributed by atoms with Crippen molar-refractivity contribution in [1.82, 2.24) is 15.5 Å². The third-order valence-electron chi connectivity index (χ3n) is 4.67. The van der Waals surface area contributed by atoms with Crippen molar-refractivity contribution in [3.8, 4) is 0 Å². The lowest BCUT2D eigenvalue weighted by atomic mass is 10.1. The summed E-state index contributed by atoms with van der Waals surface area (Å²) in [6, 6.07) is 8.43. The predicted molar refractivity (Wildman–Crippen MR) is 111 cm³/mol. The van der Waals surface area contributed by atoms with Crippen LogP contribution in [-0.2, 0) is 11.3 Å². The Hall–Kier alpha value is -1.63.